The molecule has 0 aliphatic heterocycles. The van der Waals surface area contributed by atoms with Crippen LogP contribution in [0.2, 0.25) is 0 Å². The van der Waals surface area contributed by atoms with Crippen LogP contribution in [-0.2, 0) is 18.3 Å². The summed E-state index contributed by atoms with van der Waals surface area (Å²) in [6.07, 6.45) is 1.39. The Morgan fingerprint density at radius 2 is 2.19 bits per heavy atom. The van der Waals surface area contributed by atoms with E-state index in [1.807, 2.05) is 0 Å². The Labute approximate surface area is 120 Å². The summed E-state index contributed by atoms with van der Waals surface area (Å²) in [4.78, 5) is 11.8. The normalized spacial score (nSPS) is 10.5. The van der Waals surface area contributed by atoms with Gasteiger partial charge in [-0.1, -0.05) is 0 Å². The maximum atomic E-state index is 13.5. The van der Waals surface area contributed by atoms with E-state index in [2.05, 4.69) is 10.4 Å². The highest BCUT2D eigenvalue weighted by molar-refractivity contribution is 5.90. The lowest BCUT2D eigenvalue weighted by Gasteiger charge is -2.10. The molecule has 21 heavy (non-hydrogen) atoms. The number of hydrogen-bond donors (Lipinski definition) is 1. The number of halogens is 2. The lowest BCUT2D eigenvalue weighted by molar-refractivity contribution is 0.0525. The van der Waals surface area contributed by atoms with E-state index in [1.165, 1.54) is 10.9 Å². The molecule has 0 bridgehead atoms. The molecule has 0 aliphatic rings. The number of rotatable bonds is 5. The highest BCUT2D eigenvalue weighted by Gasteiger charge is 2.17. The van der Waals surface area contributed by atoms with Crippen molar-refractivity contribution in [3.63, 3.8) is 0 Å². The second kappa shape index (κ2) is 6.34. The Morgan fingerprint density at radius 1 is 1.43 bits per heavy atom. The Morgan fingerprint density at radius 3 is 2.90 bits per heavy atom. The zero-order valence-electron chi connectivity index (χ0n) is 11.7. The predicted octanol–water partition coefficient (Wildman–Crippen LogP) is 2.49. The Kier molecular flexibility index (Phi) is 4.52. The van der Waals surface area contributed by atoms with Gasteiger partial charge in [-0.3, -0.25) is 4.68 Å². The number of benzene rings is 1. The van der Waals surface area contributed by atoms with Crippen molar-refractivity contribution in [1.82, 2.24) is 9.78 Å². The zero-order valence-corrected chi connectivity index (χ0v) is 11.7. The standard InChI is InChI=1S/C14H15F2N3O2/c1-3-21-14(20)10-7-18-19(2)13(10)8-17-12-6-9(15)4-5-11(12)16/h4-7,17H,3,8H2,1-2H3. The molecule has 0 fully saturated rings. The number of aromatic nitrogens is 2. The number of aryl methyl sites for hydroxylation is 1. The van der Waals surface area contributed by atoms with Crippen LogP contribution < -0.4 is 5.32 Å². The summed E-state index contributed by atoms with van der Waals surface area (Å²) in [5.74, 6) is -1.62. The van der Waals surface area contributed by atoms with Crippen molar-refractivity contribution < 1.29 is 18.3 Å². The maximum Gasteiger partial charge on any atom is 0.341 e. The summed E-state index contributed by atoms with van der Waals surface area (Å²) in [5, 5.41) is 6.73. The fourth-order valence-electron chi connectivity index (χ4n) is 1.86. The molecule has 0 unspecified atom stereocenters. The van der Waals surface area contributed by atoms with Crippen LogP contribution in [0.4, 0.5) is 14.5 Å². The van der Waals surface area contributed by atoms with Gasteiger partial charge in [-0.05, 0) is 25.1 Å². The Balaban J connectivity index is 2.18. The van der Waals surface area contributed by atoms with E-state index < -0.39 is 17.6 Å². The number of nitrogens with zero attached hydrogens (tertiary/aromatic N) is 2. The molecule has 1 N–H and O–H groups in total. The first-order valence-corrected chi connectivity index (χ1v) is 6.39. The van der Waals surface area contributed by atoms with Gasteiger partial charge < -0.3 is 10.1 Å². The molecule has 112 valence electrons. The SMILES string of the molecule is CCOC(=O)c1cnn(C)c1CNc1cc(F)ccc1F. The zero-order chi connectivity index (χ0) is 15.4. The molecule has 1 heterocycles. The van der Waals surface area contributed by atoms with E-state index in [-0.39, 0.29) is 18.8 Å². The van der Waals surface area contributed by atoms with Gasteiger partial charge in [-0.25, -0.2) is 13.6 Å². The van der Waals surface area contributed by atoms with Gasteiger partial charge in [0.25, 0.3) is 0 Å². The van der Waals surface area contributed by atoms with Gasteiger partial charge in [0, 0.05) is 7.05 Å². The molecule has 1 aromatic heterocycles. The van der Waals surface area contributed by atoms with Crippen LogP contribution in [0.3, 0.4) is 0 Å². The highest BCUT2D eigenvalue weighted by Crippen LogP contribution is 2.17. The Hall–Kier alpha value is -2.44. The molecule has 7 heteroatoms. The highest BCUT2D eigenvalue weighted by atomic mass is 19.1. The van der Waals surface area contributed by atoms with E-state index in [9.17, 15) is 13.6 Å². The van der Waals surface area contributed by atoms with E-state index in [0.29, 0.717) is 11.3 Å². The van der Waals surface area contributed by atoms with E-state index >= 15 is 0 Å². The van der Waals surface area contributed by atoms with Crippen LogP contribution in [0.1, 0.15) is 23.0 Å². The molecule has 2 rings (SSSR count). The summed E-state index contributed by atoms with van der Waals surface area (Å²) >= 11 is 0. The topological polar surface area (TPSA) is 56.1 Å². The molecule has 0 aliphatic carbocycles. The number of carbonyl (C=O) groups excluding carboxylic acids is 1. The van der Waals surface area contributed by atoms with Gasteiger partial charge in [0.15, 0.2) is 0 Å². The fourth-order valence-corrected chi connectivity index (χ4v) is 1.86. The first-order valence-electron chi connectivity index (χ1n) is 6.39. The van der Waals surface area contributed by atoms with Gasteiger partial charge in [-0.2, -0.15) is 5.10 Å². The molecular weight excluding hydrogens is 280 g/mol. The number of anilines is 1. The summed E-state index contributed by atoms with van der Waals surface area (Å²) in [6.45, 7) is 2.07. The van der Waals surface area contributed by atoms with E-state index in [0.717, 1.165) is 18.2 Å². The van der Waals surface area contributed by atoms with Gasteiger partial charge in [0.2, 0.25) is 0 Å². The molecule has 1 aromatic carbocycles. The number of hydrogen-bond acceptors (Lipinski definition) is 4. The second-order valence-corrected chi connectivity index (χ2v) is 4.33. The third kappa shape index (κ3) is 3.36. The van der Waals surface area contributed by atoms with E-state index in [4.69, 9.17) is 4.74 Å². The van der Waals surface area contributed by atoms with Crippen LogP contribution in [0.15, 0.2) is 24.4 Å². The van der Waals surface area contributed by atoms with Crippen LogP contribution in [0.25, 0.3) is 0 Å². The molecule has 5 nitrogen and oxygen atoms in total. The molecule has 2 aromatic rings. The van der Waals surface area contributed by atoms with Gasteiger partial charge in [-0.15, -0.1) is 0 Å². The maximum absolute atomic E-state index is 13.5. The lowest BCUT2D eigenvalue weighted by Crippen LogP contribution is -2.13. The van der Waals surface area contributed by atoms with Gasteiger partial charge in [0.05, 0.1) is 30.7 Å². The fraction of sp³-hybridized carbons (Fsp3) is 0.286. The predicted molar refractivity (Wildman–Crippen MR) is 72.8 cm³/mol. The smallest absolute Gasteiger partial charge is 0.341 e. The van der Waals surface area contributed by atoms with Gasteiger partial charge in [0.1, 0.15) is 17.2 Å². The van der Waals surface area contributed by atoms with Crippen molar-refractivity contribution in [2.45, 2.75) is 13.5 Å². The number of esters is 1. The molecule has 0 radical (unpaired) electrons. The number of nitrogens with one attached hydrogen (secondary N) is 1. The van der Waals surface area contributed by atoms with Crippen molar-refractivity contribution in [3.8, 4) is 0 Å². The van der Waals surface area contributed by atoms with Crippen molar-refractivity contribution in [3.05, 3.63) is 47.3 Å². The van der Waals surface area contributed by atoms with Crippen LogP contribution in [0, 0.1) is 11.6 Å². The number of carbonyl (C=O) groups is 1. The average Bonchev–Trinajstić information content (AvgIpc) is 2.81. The molecular formula is C14H15F2N3O2. The quantitative estimate of drug-likeness (QED) is 0.861. The van der Waals surface area contributed by atoms with Gasteiger partial charge >= 0.3 is 5.97 Å². The first-order chi connectivity index (χ1) is 10.0. The second-order valence-electron chi connectivity index (χ2n) is 4.33. The summed E-state index contributed by atoms with van der Waals surface area (Å²) in [7, 11) is 1.65. The largest absolute Gasteiger partial charge is 0.462 e. The lowest BCUT2D eigenvalue weighted by atomic mass is 10.2. The molecule has 0 amide bonds. The minimum absolute atomic E-state index is 0.0195. The Bertz CT molecular complexity index is 656. The van der Waals surface area contributed by atoms with E-state index in [1.54, 1.807) is 14.0 Å². The van der Waals surface area contributed by atoms with Crippen LogP contribution in [0.5, 0.6) is 0 Å². The van der Waals surface area contributed by atoms with Crippen molar-refractivity contribution in [1.29, 1.82) is 0 Å². The summed E-state index contributed by atoms with van der Waals surface area (Å²) in [6, 6.07) is 3.12. The van der Waals surface area contributed by atoms with Crippen molar-refractivity contribution >= 4 is 11.7 Å². The van der Waals surface area contributed by atoms with Crippen molar-refractivity contribution in [2.24, 2.45) is 7.05 Å². The summed E-state index contributed by atoms with van der Waals surface area (Å²) < 4.78 is 33.0. The van der Waals surface area contributed by atoms with Crippen LogP contribution in [-0.4, -0.2) is 22.4 Å². The third-order valence-corrected chi connectivity index (χ3v) is 2.93. The van der Waals surface area contributed by atoms with Crippen molar-refractivity contribution in [2.75, 3.05) is 11.9 Å². The molecule has 0 atom stereocenters. The average molecular weight is 295 g/mol. The summed E-state index contributed by atoms with van der Waals surface area (Å²) in [5.41, 5.74) is 0.840. The van der Waals surface area contributed by atoms with Crippen LogP contribution >= 0.6 is 0 Å². The third-order valence-electron chi connectivity index (χ3n) is 2.93. The molecule has 0 saturated carbocycles. The molecule has 0 spiro atoms. The number of ether oxygens (including phenoxy) is 1. The monoisotopic (exact) mass is 295 g/mol. The minimum atomic E-state index is -0.573. The minimum Gasteiger partial charge on any atom is -0.462 e. The molecule has 0 saturated heterocycles. The first kappa shape index (κ1) is 15.0.